The van der Waals surface area contributed by atoms with Gasteiger partial charge in [0.2, 0.25) is 5.91 Å². The quantitative estimate of drug-likeness (QED) is 0.604. The summed E-state index contributed by atoms with van der Waals surface area (Å²) in [6, 6.07) is 13.3. The highest BCUT2D eigenvalue weighted by Crippen LogP contribution is 2.26. The zero-order chi connectivity index (χ0) is 20.1. The molecule has 1 N–H and O–H groups in total. The lowest BCUT2D eigenvalue weighted by Crippen LogP contribution is -2.22. The fourth-order valence-electron chi connectivity index (χ4n) is 2.52. The topological polar surface area (TPSA) is 69.0 Å². The van der Waals surface area contributed by atoms with Gasteiger partial charge in [0, 0.05) is 18.3 Å². The lowest BCUT2D eigenvalue weighted by Gasteiger charge is -2.12. The first-order chi connectivity index (χ1) is 13.5. The normalized spacial score (nSPS) is 11.9. The zero-order valence-corrected chi connectivity index (χ0v) is 16.7. The predicted molar refractivity (Wildman–Crippen MR) is 108 cm³/mol. The van der Waals surface area contributed by atoms with Crippen molar-refractivity contribution < 1.29 is 13.9 Å². The number of anilines is 1. The van der Waals surface area contributed by atoms with Crippen LogP contribution >= 0.6 is 11.8 Å². The Morgan fingerprint density at radius 3 is 2.50 bits per heavy atom. The van der Waals surface area contributed by atoms with E-state index in [-0.39, 0.29) is 17.0 Å². The highest BCUT2D eigenvalue weighted by atomic mass is 32.2. The van der Waals surface area contributed by atoms with Gasteiger partial charge in [0.05, 0.1) is 11.9 Å². The number of carbonyl (C=O) groups excluding carboxylic acids is 1. The lowest BCUT2D eigenvalue weighted by atomic mass is 10.2. The third-order valence-corrected chi connectivity index (χ3v) is 5.16. The molecule has 0 aliphatic carbocycles. The summed E-state index contributed by atoms with van der Waals surface area (Å²) in [5, 5.41) is 11.4. The van der Waals surface area contributed by atoms with Crippen molar-refractivity contribution in [3.8, 4) is 17.1 Å². The van der Waals surface area contributed by atoms with E-state index in [9.17, 15) is 9.18 Å². The number of nitrogens with zero attached hydrogens (tertiary/aromatic N) is 3. The summed E-state index contributed by atoms with van der Waals surface area (Å²) < 4.78 is 20.3. The van der Waals surface area contributed by atoms with E-state index in [0.29, 0.717) is 23.3 Å². The third-order valence-electron chi connectivity index (χ3n) is 4.02. The van der Waals surface area contributed by atoms with Crippen LogP contribution in [0.3, 0.4) is 0 Å². The molecule has 0 radical (unpaired) electrons. The molecule has 0 saturated carbocycles. The number of ether oxygens (including phenoxy) is 1. The lowest BCUT2D eigenvalue weighted by molar-refractivity contribution is -0.115. The van der Waals surface area contributed by atoms with Gasteiger partial charge in [-0.05, 0) is 62.4 Å². The fourth-order valence-corrected chi connectivity index (χ4v) is 3.34. The van der Waals surface area contributed by atoms with Crippen molar-refractivity contribution in [2.45, 2.75) is 24.3 Å². The van der Waals surface area contributed by atoms with Crippen molar-refractivity contribution in [3.05, 3.63) is 54.3 Å². The first-order valence-electron chi connectivity index (χ1n) is 8.83. The summed E-state index contributed by atoms with van der Waals surface area (Å²) in [5.41, 5.74) is 1.46. The molecule has 3 rings (SSSR count). The van der Waals surface area contributed by atoms with Crippen LogP contribution in [0.2, 0.25) is 0 Å². The Hall–Kier alpha value is -2.87. The SMILES string of the molecule is CCOc1ccc(NC(=O)[C@@H](C)Sc2nnc(-c3ccc(F)cc3)n2C)cc1. The number of thioether (sulfide) groups is 1. The predicted octanol–water partition coefficient (Wildman–Crippen LogP) is 4.14. The number of carbonyl (C=O) groups is 1. The maximum atomic E-state index is 13.1. The van der Waals surface area contributed by atoms with Gasteiger partial charge in [-0.15, -0.1) is 10.2 Å². The zero-order valence-electron chi connectivity index (χ0n) is 15.8. The van der Waals surface area contributed by atoms with E-state index >= 15 is 0 Å². The number of halogens is 1. The van der Waals surface area contributed by atoms with Crippen molar-refractivity contribution in [1.82, 2.24) is 14.8 Å². The van der Waals surface area contributed by atoms with Crippen LogP contribution in [0.15, 0.2) is 53.7 Å². The first-order valence-corrected chi connectivity index (χ1v) is 9.71. The van der Waals surface area contributed by atoms with Crippen molar-refractivity contribution in [1.29, 1.82) is 0 Å². The number of hydrogen-bond acceptors (Lipinski definition) is 5. The van der Waals surface area contributed by atoms with Crippen molar-refractivity contribution >= 4 is 23.4 Å². The van der Waals surface area contributed by atoms with E-state index in [1.54, 1.807) is 35.8 Å². The first kappa shape index (κ1) is 19.9. The van der Waals surface area contributed by atoms with Crippen LogP contribution in [0, 0.1) is 5.82 Å². The summed E-state index contributed by atoms with van der Waals surface area (Å²) in [5.74, 6) is 0.928. The van der Waals surface area contributed by atoms with Crippen LogP contribution in [0.25, 0.3) is 11.4 Å². The number of aromatic nitrogens is 3. The van der Waals surface area contributed by atoms with Crippen LogP contribution in [-0.2, 0) is 11.8 Å². The largest absolute Gasteiger partial charge is 0.494 e. The molecule has 1 atom stereocenters. The minimum Gasteiger partial charge on any atom is -0.494 e. The van der Waals surface area contributed by atoms with Crippen molar-refractivity contribution in [2.24, 2.45) is 7.05 Å². The molecule has 0 saturated heterocycles. The van der Waals surface area contributed by atoms with Gasteiger partial charge in [0.1, 0.15) is 11.6 Å². The molecule has 0 spiro atoms. The van der Waals surface area contributed by atoms with E-state index in [0.717, 1.165) is 11.3 Å². The third kappa shape index (κ3) is 4.69. The Kier molecular flexibility index (Phi) is 6.30. The maximum Gasteiger partial charge on any atom is 0.237 e. The second-order valence-electron chi connectivity index (χ2n) is 6.08. The Balaban J connectivity index is 1.64. The number of rotatable bonds is 7. The summed E-state index contributed by atoms with van der Waals surface area (Å²) in [7, 11) is 1.82. The summed E-state index contributed by atoms with van der Waals surface area (Å²) in [4.78, 5) is 12.5. The minimum atomic E-state index is -0.379. The van der Waals surface area contributed by atoms with Gasteiger partial charge in [0.25, 0.3) is 0 Å². The summed E-state index contributed by atoms with van der Waals surface area (Å²) >= 11 is 1.31. The summed E-state index contributed by atoms with van der Waals surface area (Å²) in [6.45, 7) is 4.32. The van der Waals surface area contributed by atoms with Crippen molar-refractivity contribution in [2.75, 3.05) is 11.9 Å². The van der Waals surface area contributed by atoms with Crippen LogP contribution in [0.1, 0.15) is 13.8 Å². The standard InChI is InChI=1S/C20H21FN4O2S/c1-4-27-17-11-9-16(10-12-17)22-19(26)13(2)28-20-24-23-18(25(20)3)14-5-7-15(21)8-6-14/h5-13H,4H2,1-3H3,(H,22,26)/t13-/m1/s1. The Bertz CT molecular complexity index is 942. The molecule has 1 heterocycles. The second kappa shape index (κ2) is 8.88. The van der Waals surface area contributed by atoms with Gasteiger partial charge in [-0.3, -0.25) is 4.79 Å². The Labute approximate surface area is 167 Å². The molecule has 8 heteroatoms. The molecule has 2 aromatic carbocycles. The average molecular weight is 400 g/mol. The smallest absolute Gasteiger partial charge is 0.237 e. The highest BCUT2D eigenvalue weighted by molar-refractivity contribution is 8.00. The second-order valence-corrected chi connectivity index (χ2v) is 7.39. The van der Waals surface area contributed by atoms with Gasteiger partial charge in [-0.1, -0.05) is 11.8 Å². The molecule has 0 aliphatic heterocycles. The number of benzene rings is 2. The van der Waals surface area contributed by atoms with E-state index in [2.05, 4.69) is 15.5 Å². The summed E-state index contributed by atoms with van der Waals surface area (Å²) in [6.07, 6.45) is 0. The minimum absolute atomic E-state index is 0.138. The molecule has 0 bridgehead atoms. The van der Waals surface area contributed by atoms with E-state index in [1.807, 2.05) is 26.1 Å². The van der Waals surface area contributed by atoms with Crippen LogP contribution < -0.4 is 10.1 Å². The maximum absolute atomic E-state index is 13.1. The van der Waals surface area contributed by atoms with E-state index < -0.39 is 0 Å². The van der Waals surface area contributed by atoms with Crippen LogP contribution in [-0.4, -0.2) is 32.5 Å². The highest BCUT2D eigenvalue weighted by Gasteiger charge is 2.19. The average Bonchev–Trinajstić information content (AvgIpc) is 3.04. The molecule has 3 aromatic rings. The van der Waals surface area contributed by atoms with Gasteiger partial charge in [-0.2, -0.15) is 0 Å². The van der Waals surface area contributed by atoms with Crippen LogP contribution in [0.4, 0.5) is 10.1 Å². The molecule has 1 aromatic heterocycles. The number of hydrogen-bond donors (Lipinski definition) is 1. The van der Waals surface area contributed by atoms with Gasteiger partial charge >= 0.3 is 0 Å². The molecule has 28 heavy (non-hydrogen) atoms. The Morgan fingerprint density at radius 1 is 1.18 bits per heavy atom. The molecule has 0 aliphatic rings. The number of amides is 1. The van der Waals surface area contributed by atoms with E-state index in [1.165, 1.54) is 23.9 Å². The van der Waals surface area contributed by atoms with Crippen molar-refractivity contribution in [3.63, 3.8) is 0 Å². The molecule has 1 amide bonds. The Morgan fingerprint density at radius 2 is 1.86 bits per heavy atom. The molecule has 0 unspecified atom stereocenters. The molecular weight excluding hydrogens is 379 g/mol. The molecular formula is C20H21FN4O2S. The fraction of sp³-hybridized carbons (Fsp3) is 0.250. The van der Waals surface area contributed by atoms with E-state index in [4.69, 9.17) is 4.74 Å². The number of nitrogens with one attached hydrogen (secondary N) is 1. The van der Waals surface area contributed by atoms with Gasteiger partial charge in [-0.25, -0.2) is 4.39 Å². The van der Waals surface area contributed by atoms with Gasteiger partial charge in [0.15, 0.2) is 11.0 Å². The molecule has 0 fully saturated rings. The van der Waals surface area contributed by atoms with Gasteiger partial charge < -0.3 is 14.6 Å². The molecule has 6 nitrogen and oxygen atoms in total. The monoisotopic (exact) mass is 400 g/mol. The van der Waals surface area contributed by atoms with Crippen LogP contribution in [0.5, 0.6) is 5.75 Å². The molecule has 146 valence electrons.